The van der Waals surface area contributed by atoms with Crippen LogP contribution in [0.25, 0.3) is 10.2 Å². The first-order valence-corrected chi connectivity index (χ1v) is 7.88. The summed E-state index contributed by atoms with van der Waals surface area (Å²) in [7, 11) is 0. The van der Waals surface area contributed by atoms with E-state index in [1.165, 1.54) is 6.07 Å². The Morgan fingerprint density at radius 3 is 2.48 bits per heavy atom. The summed E-state index contributed by atoms with van der Waals surface area (Å²) >= 11 is 19.6. The molecule has 2 N–H and O–H groups in total. The predicted octanol–water partition coefficient (Wildman–Crippen LogP) is 5.94. The van der Waals surface area contributed by atoms with Gasteiger partial charge in [-0.2, -0.15) is 0 Å². The van der Waals surface area contributed by atoms with Gasteiger partial charge in [0.2, 0.25) is 0 Å². The lowest BCUT2D eigenvalue weighted by atomic mass is 10.2. The number of hydrogen-bond acceptors (Lipinski definition) is 4. The monoisotopic (exact) mass is 358 g/mol. The molecule has 1 aromatic heterocycles. The molecule has 0 fully saturated rings. The van der Waals surface area contributed by atoms with Gasteiger partial charge < -0.3 is 10.5 Å². The number of nitrogens with two attached hydrogens (primary N) is 1. The van der Waals surface area contributed by atoms with E-state index in [1.807, 2.05) is 13.0 Å². The molecule has 0 aliphatic carbocycles. The molecule has 3 rings (SSSR count). The highest BCUT2D eigenvalue weighted by molar-refractivity contribution is 7.18. The van der Waals surface area contributed by atoms with Crippen LogP contribution in [0.15, 0.2) is 24.3 Å². The van der Waals surface area contributed by atoms with Gasteiger partial charge in [0.1, 0.15) is 5.75 Å². The van der Waals surface area contributed by atoms with Gasteiger partial charge in [0.25, 0.3) is 0 Å². The number of nitrogens with zero attached hydrogens (tertiary/aromatic N) is 1. The fourth-order valence-corrected chi connectivity index (χ4v) is 3.31. The van der Waals surface area contributed by atoms with Crippen molar-refractivity contribution in [1.29, 1.82) is 0 Å². The molecule has 0 saturated carbocycles. The number of rotatable bonds is 2. The topological polar surface area (TPSA) is 48.1 Å². The van der Waals surface area contributed by atoms with Crippen molar-refractivity contribution in [2.45, 2.75) is 6.92 Å². The van der Waals surface area contributed by atoms with Crippen LogP contribution in [0.1, 0.15) is 5.01 Å². The van der Waals surface area contributed by atoms with E-state index < -0.39 is 0 Å². The summed E-state index contributed by atoms with van der Waals surface area (Å²) in [5.74, 6) is 0.872. The maximum Gasteiger partial charge on any atom is 0.152 e. The highest BCUT2D eigenvalue weighted by Gasteiger charge is 2.12. The number of halogens is 3. The number of thiazole rings is 1. The lowest BCUT2D eigenvalue weighted by molar-refractivity contribution is 0.486. The first kappa shape index (κ1) is 14.7. The van der Waals surface area contributed by atoms with Crippen LogP contribution < -0.4 is 10.5 Å². The van der Waals surface area contributed by atoms with Gasteiger partial charge in [0.15, 0.2) is 5.75 Å². The minimum absolute atomic E-state index is 0.360. The van der Waals surface area contributed by atoms with Gasteiger partial charge in [-0.15, -0.1) is 11.3 Å². The molecule has 0 atom stereocenters. The summed E-state index contributed by atoms with van der Waals surface area (Å²) in [5.41, 5.74) is 7.35. The van der Waals surface area contributed by atoms with Crippen LogP contribution >= 0.6 is 46.1 Å². The van der Waals surface area contributed by atoms with Gasteiger partial charge in [0.05, 0.1) is 36.0 Å². The molecule has 3 nitrogen and oxygen atoms in total. The van der Waals surface area contributed by atoms with Gasteiger partial charge >= 0.3 is 0 Å². The van der Waals surface area contributed by atoms with Crippen LogP contribution in [0.5, 0.6) is 11.5 Å². The Morgan fingerprint density at radius 1 is 1.00 bits per heavy atom. The molecule has 0 aliphatic rings. The summed E-state index contributed by atoms with van der Waals surface area (Å²) < 4.78 is 6.77. The molecule has 2 aromatic carbocycles. The SMILES string of the molecule is Cc1nc2cc(Oc3cc(Cl)c(Cl)cc3Cl)c(N)cc2s1. The molecular formula is C14H9Cl3N2OS. The first-order valence-electron chi connectivity index (χ1n) is 5.93. The molecule has 0 bridgehead atoms. The van der Waals surface area contributed by atoms with E-state index in [-0.39, 0.29) is 0 Å². The van der Waals surface area contributed by atoms with Crippen LogP contribution in [-0.2, 0) is 0 Å². The third-order valence-electron chi connectivity index (χ3n) is 2.82. The zero-order valence-corrected chi connectivity index (χ0v) is 13.9. The summed E-state index contributed by atoms with van der Waals surface area (Å²) in [4.78, 5) is 4.41. The van der Waals surface area contributed by atoms with Gasteiger partial charge in [-0.25, -0.2) is 4.98 Å². The second-order valence-electron chi connectivity index (χ2n) is 4.39. The minimum Gasteiger partial charge on any atom is -0.453 e. The third kappa shape index (κ3) is 2.90. The van der Waals surface area contributed by atoms with Crippen molar-refractivity contribution in [2.75, 3.05) is 5.73 Å². The molecule has 3 aromatic rings. The highest BCUT2D eigenvalue weighted by atomic mass is 35.5. The van der Waals surface area contributed by atoms with Crippen LogP contribution in [0.3, 0.4) is 0 Å². The molecule has 21 heavy (non-hydrogen) atoms. The van der Waals surface area contributed by atoms with Crippen LogP contribution in [0.2, 0.25) is 15.1 Å². The Hall–Kier alpha value is -1.20. The van der Waals surface area contributed by atoms with Crippen molar-refractivity contribution >= 4 is 62.0 Å². The summed E-state index contributed by atoms with van der Waals surface area (Å²) in [5, 5.41) is 2.06. The lowest BCUT2D eigenvalue weighted by Crippen LogP contribution is -1.93. The van der Waals surface area contributed by atoms with E-state index in [1.54, 1.807) is 23.5 Å². The van der Waals surface area contributed by atoms with E-state index >= 15 is 0 Å². The van der Waals surface area contributed by atoms with Crippen molar-refractivity contribution in [3.8, 4) is 11.5 Å². The van der Waals surface area contributed by atoms with Gasteiger partial charge in [-0.05, 0) is 19.1 Å². The van der Waals surface area contributed by atoms with Gasteiger partial charge in [-0.3, -0.25) is 0 Å². The Morgan fingerprint density at radius 2 is 1.71 bits per heavy atom. The lowest BCUT2D eigenvalue weighted by Gasteiger charge is -2.11. The Balaban J connectivity index is 2.05. The van der Waals surface area contributed by atoms with Crippen molar-refractivity contribution in [3.05, 3.63) is 44.3 Å². The standard InChI is InChI=1S/C14H9Cl3N2OS/c1-6-19-11-5-13(10(18)4-14(11)21-6)20-12-3-8(16)7(15)2-9(12)17/h2-5H,18H2,1H3. The third-order valence-corrected chi connectivity index (χ3v) is 4.77. The number of hydrogen-bond donors (Lipinski definition) is 1. The number of nitrogen functional groups attached to an aromatic ring is 1. The fourth-order valence-electron chi connectivity index (χ4n) is 1.88. The van der Waals surface area contributed by atoms with Crippen LogP contribution in [0, 0.1) is 6.92 Å². The first-order chi connectivity index (χ1) is 9.94. The molecule has 7 heteroatoms. The van der Waals surface area contributed by atoms with Crippen LogP contribution in [0.4, 0.5) is 5.69 Å². The average molecular weight is 360 g/mol. The molecule has 0 spiro atoms. The van der Waals surface area contributed by atoms with Gasteiger partial charge in [0, 0.05) is 12.1 Å². The van der Waals surface area contributed by atoms with Crippen molar-refractivity contribution < 1.29 is 4.74 Å². The summed E-state index contributed by atoms with van der Waals surface area (Å²) in [6.07, 6.45) is 0. The maximum atomic E-state index is 6.10. The predicted molar refractivity (Wildman–Crippen MR) is 90.3 cm³/mol. The Bertz CT molecular complexity index is 848. The Labute approximate surface area is 140 Å². The number of fused-ring (bicyclic) bond motifs is 1. The smallest absolute Gasteiger partial charge is 0.152 e. The molecule has 0 radical (unpaired) electrons. The summed E-state index contributed by atoms with van der Waals surface area (Å²) in [6.45, 7) is 1.94. The number of aryl methyl sites for hydroxylation is 1. The molecule has 0 amide bonds. The average Bonchev–Trinajstić information content (AvgIpc) is 2.75. The zero-order chi connectivity index (χ0) is 15.1. The van der Waals surface area contributed by atoms with E-state index in [4.69, 9.17) is 45.3 Å². The number of aromatic nitrogens is 1. The second kappa shape index (κ2) is 5.54. The quantitative estimate of drug-likeness (QED) is 0.455. The van der Waals surface area contributed by atoms with Crippen molar-refractivity contribution in [2.24, 2.45) is 0 Å². The van der Waals surface area contributed by atoms with Gasteiger partial charge in [-0.1, -0.05) is 34.8 Å². The molecule has 108 valence electrons. The summed E-state index contributed by atoms with van der Waals surface area (Å²) in [6, 6.07) is 6.71. The van der Waals surface area contributed by atoms with E-state index in [0.29, 0.717) is 32.3 Å². The fraction of sp³-hybridized carbons (Fsp3) is 0.0714. The largest absolute Gasteiger partial charge is 0.453 e. The second-order valence-corrected chi connectivity index (χ2v) is 6.85. The molecule has 0 aliphatic heterocycles. The minimum atomic E-state index is 0.360. The molecule has 0 unspecified atom stereocenters. The molecular weight excluding hydrogens is 351 g/mol. The van der Waals surface area contributed by atoms with Crippen molar-refractivity contribution in [1.82, 2.24) is 4.98 Å². The van der Waals surface area contributed by atoms with E-state index in [9.17, 15) is 0 Å². The molecule has 0 saturated heterocycles. The normalized spacial score (nSPS) is 11.0. The Kier molecular flexibility index (Phi) is 3.88. The van der Waals surface area contributed by atoms with E-state index in [2.05, 4.69) is 4.98 Å². The maximum absolute atomic E-state index is 6.10. The van der Waals surface area contributed by atoms with Crippen LogP contribution in [-0.4, -0.2) is 4.98 Å². The highest BCUT2D eigenvalue weighted by Crippen LogP contribution is 2.39. The number of ether oxygens (including phenoxy) is 1. The number of anilines is 1. The van der Waals surface area contributed by atoms with Crippen molar-refractivity contribution in [3.63, 3.8) is 0 Å². The number of benzene rings is 2. The zero-order valence-electron chi connectivity index (χ0n) is 10.8. The van der Waals surface area contributed by atoms with E-state index in [0.717, 1.165) is 15.2 Å². The molecule has 1 heterocycles.